The molecule has 0 aliphatic carbocycles. The Balaban J connectivity index is 1.53. The molecule has 0 radical (unpaired) electrons. The molecule has 2 aliphatic rings. The fourth-order valence-corrected chi connectivity index (χ4v) is 4.15. The quantitative estimate of drug-likeness (QED) is 0.931. The zero-order chi connectivity index (χ0) is 17.4. The number of aromatic nitrogens is 2. The van der Waals surface area contributed by atoms with Crippen molar-refractivity contribution in [1.29, 1.82) is 0 Å². The lowest BCUT2D eigenvalue weighted by Gasteiger charge is -2.34. The second-order valence-electron chi connectivity index (χ2n) is 7.11. The smallest absolute Gasteiger partial charge is 0.245 e. The fraction of sp³-hybridized carbons (Fsp3) is 0.474. The summed E-state index contributed by atoms with van der Waals surface area (Å²) in [7, 11) is 1.84. The van der Waals surface area contributed by atoms with E-state index < -0.39 is 0 Å². The van der Waals surface area contributed by atoms with Crippen molar-refractivity contribution >= 4 is 17.4 Å². The summed E-state index contributed by atoms with van der Waals surface area (Å²) in [5, 5.41) is 7.25. The van der Waals surface area contributed by atoms with Crippen LogP contribution in [0.25, 0.3) is 0 Å². The number of amides is 1. The van der Waals surface area contributed by atoms with Crippen LogP contribution in [0.15, 0.2) is 30.3 Å². The number of benzene rings is 1. The highest BCUT2D eigenvalue weighted by molar-refractivity contribution is 5.94. The highest BCUT2D eigenvalue weighted by Crippen LogP contribution is 2.46. The minimum absolute atomic E-state index is 0.0121. The zero-order valence-corrected chi connectivity index (χ0v) is 14.8. The summed E-state index contributed by atoms with van der Waals surface area (Å²) in [4.78, 5) is 14.8. The predicted molar refractivity (Wildman–Crippen MR) is 97.0 cm³/mol. The van der Waals surface area contributed by atoms with Gasteiger partial charge in [-0.2, -0.15) is 5.10 Å². The Hall–Kier alpha value is -2.34. The Morgan fingerprint density at radius 3 is 2.80 bits per heavy atom. The lowest BCUT2D eigenvalue weighted by Crippen LogP contribution is -2.41. The minimum Gasteiger partial charge on any atom is -0.381 e. The van der Waals surface area contributed by atoms with E-state index in [9.17, 15) is 4.79 Å². The van der Waals surface area contributed by atoms with E-state index in [0.717, 1.165) is 44.1 Å². The Bertz CT molecular complexity index is 792. The summed E-state index contributed by atoms with van der Waals surface area (Å²) >= 11 is 0. The molecule has 0 bridgehead atoms. The van der Waals surface area contributed by atoms with Gasteiger partial charge < -0.3 is 15.0 Å². The number of nitrogens with one attached hydrogen (secondary N) is 1. The van der Waals surface area contributed by atoms with Crippen LogP contribution in [-0.2, 0) is 22.0 Å². The van der Waals surface area contributed by atoms with Gasteiger partial charge in [0, 0.05) is 44.0 Å². The number of carbonyl (C=O) groups is 1. The molecular weight excluding hydrogens is 316 g/mol. The van der Waals surface area contributed by atoms with E-state index in [1.807, 2.05) is 26.1 Å². The molecule has 1 fully saturated rings. The van der Waals surface area contributed by atoms with E-state index in [1.54, 1.807) is 4.68 Å². The number of hydrogen-bond acceptors (Lipinski definition) is 4. The van der Waals surface area contributed by atoms with Gasteiger partial charge >= 0.3 is 0 Å². The highest BCUT2D eigenvalue weighted by Gasteiger charge is 2.43. The Labute approximate surface area is 147 Å². The number of ether oxygens (including phenoxy) is 1. The van der Waals surface area contributed by atoms with E-state index in [2.05, 4.69) is 33.5 Å². The van der Waals surface area contributed by atoms with Crippen molar-refractivity contribution in [3.05, 3.63) is 41.6 Å². The van der Waals surface area contributed by atoms with Gasteiger partial charge in [-0.3, -0.25) is 9.48 Å². The monoisotopic (exact) mass is 340 g/mol. The molecule has 1 aromatic carbocycles. The lowest BCUT2D eigenvalue weighted by molar-refractivity contribution is -0.115. The summed E-state index contributed by atoms with van der Waals surface area (Å²) in [5.41, 5.74) is 3.56. The van der Waals surface area contributed by atoms with Crippen molar-refractivity contribution in [2.45, 2.75) is 25.2 Å². The maximum absolute atomic E-state index is 12.6. The van der Waals surface area contributed by atoms with Gasteiger partial charge in [0.2, 0.25) is 5.91 Å². The fourth-order valence-electron chi connectivity index (χ4n) is 4.15. The number of rotatable bonds is 3. The molecule has 0 unspecified atom stereocenters. The van der Waals surface area contributed by atoms with Gasteiger partial charge in [-0.1, -0.05) is 18.2 Å². The predicted octanol–water partition coefficient (Wildman–Crippen LogP) is 2.24. The van der Waals surface area contributed by atoms with Crippen molar-refractivity contribution in [2.24, 2.45) is 7.05 Å². The van der Waals surface area contributed by atoms with Gasteiger partial charge in [0.1, 0.15) is 5.82 Å². The summed E-state index contributed by atoms with van der Waals surface area (Å²) < 4.78 is 7.27. The zero-order valence-electron chi connectivity index (χ0n) is 14.8. The average molecular weight is 340 g/mol. The second kappa shape index (κ2) is 6.19. The van der Waals surface area contributed by atoms with Crippen LogP contribution in [0.4, 0.5) is 11.5 Å². The molecule has 25 heavy (non-hydrogen) atoms. The van der Waals surface area contributed by atoms with Crippen LogP contribution in [0.3, 0.4) is 0 Å². The topological polar surface area (TPSA) is 59.4 Å². The number of anilines is 2. The lowest BCUT2D eigenvalue weighted by atomic mass is 9.76. The molecule has 6 nitrogen and oxygen atoms in total. The number of carbonyl (C=O) groups excluding carboxylic acids is 1. The first-order valence-electron chi connectivity index (χ1n) is 8.80. The van der Waals surface area contributed by atoms with Crippen molar-refractivity contribution in [3.8, 4) is 0 Å². The minimum atomic E-state index is -0.0121. The molecule has 2 aromatic rings. The van der Waals surface area contributed by atoms with Crippen LogP contribution in [0.5, 0.6) is 0 Å². The summed E-state index contributed by atoms with van der Waals surface area (Å²) in [6.45, 7) is 4.74. The van der Waals surface area contributed by atoms with Gasteiger partial charge in [-0.15, -0.1) is 0 Å². The van der Waals surface area contributed by atoms with Gasteiger partial charge in [0.15, 0.2) is 0 Å². The molecule has 4 rings (SSSR count). The third kappa shape index (κ3) is 2.91. The number of hydrogen-bond donors (Lipinski definition) is 1. The second-order valence-corrected chi connectivity index (χ2v) is 7.11. The first kappa shape index (κ1) is 16.1. The maximum atomic E-state index is 12.6. The summed E-state index contributed by atoms with van der Waals surface area (Å²) in [6.07, 6.45) is 2.03. The molecule has 1 saturated heterocycles. The van der Waals surface area contributed by atoms with Crippen molar-refractivity contribution in [1.82, 2.24) is 9.78 Å². The van der Waals surface area contributed by atoms with Gasteiger partial charge in [0.05, 0.1) is 12.2 Å². The van der Waals surface area contributed by atoms with E-state index in [4.69, 9.17) is 4.74 Å². The van der Waals surface area contributed by atoms with Gasteiger partial charge in [0.25, 0.3) is 0 Å². The van der Waals surface area contributed by atoms with Crippen LogP contribution >= 0.6 is 0 Å². The van der Waals surface area contributed by atoms with Gasteiger partial charge in [-0.05, 0) is 31.4 Å². The molecule has 1 N–H and O–H groups in total. The molecule has 1 spiro atoms. The molecule has 0 saturated carbocycles. The van der Waals surface area contributed by atoms with Crippen LogP contribution in [0, 0.1) is 6.92 Å². The van der Waals surface area contributed by atoms with Crippen LogP contribution < -0.4 is 10.2 Å². The molecule has 6 heteroatoms. The molecule has 2 aliphatic heterocycles. The normalized spacial score (nSPS) is 18.4. The van der Waals surface area contributed by atoms with Crippen LogP contribution in [-0.4, -0.2) is 42.0 Å². The Morgan fingerprint density at radius 2 is 2.08 bits per heavy atom. The van der Waals surface area contributed by atoms with Crippen molar-refractivity contribution in [3.63, 3.8) is 0 Å². The SMILES string of the molecule is Cc1cc(NC(=O)CN2CC3(CCOCC3)c3ccccc32)n(C)n1. The van der Waals surface area contributed by atoms with E-state index >= 15 is 0 Å². The Kier molecular flexibility index (Phi) is 4.00. The molecule has 0 atom stereocenters. The summed E-state index contributed by atoms with van der Waals surface area (Å²) in [6, 6.07) is 10.4. The number of fused-ring (bicyclic) bond motifs is 2. The number of nitrogens with zero attached hydrogens (tertiary/aromatic N) is 3. The molecule has 1 aromatic heterocycles. The van der Waals surface area contributed by atoms with Crippen molar-refractivity contribution < 1.29 is 9.53 Å². The highest BCUT2D eigenvalue weighted by atomic mass is 16.5. The third-order valence-electron chi connectivity index (χ3n) is 5.36. The maximum Gasteiger partial charge on any atom is 0.245 e. The first-order valence-corrected chi connectivity index (χ1v) is 8.80. The standard InChI is InChI=1S/C19H24N4O2/c1-14-11-17(22(2)21-14)20-18(24)12-23-13-19(7-9-25-10-8-19)15-5-3-4-6-16(15)23/h3-6,11H,7-10,12-13H2,1-2H3,(H,20,24). The molecule has 132 valence electrons. The van der Waals surface area contributed by atoms with Crippen LogP contribution in [0.2, 0.25) is 0 Å². The molecule has 3 heterocycles. The average Bonchev–Trinajstić information content (AvgIpc) is 3.06. The molecular formula is C19H24N4O2. The van der Waals surface area contributed by atoms with Crippen LogP contribution in [0.1, 0.15) is 24.1 Å². The third-order valence-corrected chi connectivity index (χ3v) is 5.36. The Morgan fingerprint density at radius 1 is 1.32 bits per heavy atom. The van der Waals surface area contributed by atoms with Crippen molar-refractivity contribution in [2.75, 3.05) is 36.5 Å². The van der Waals surface area contributed by atoms with E-state index in [0.29, 0.717) is 6.54 Å². The van der Waals surface area contributed by atoms with E-state index in [1.165, 1.54) is 11.3 Å². The molecule has 1 amide bonds. The first-order chi connectivity index (χ1) is 12.1. The summed E-state index contributed by atoms with van der Waals surface area (Å²) in [5.74, 6) is 0.720. The number of aryl methyl sites for hydroxylation is 2. The largest absolute Gasteiger partial charge is 0.381 e. The van der Waals surface area contributed by atoms with E-state index in [-0.39, 0.29) is 11.3 Å². The van der Waals surface area contributed by atoms with Gasteiger partial charge in [-0.25, -0.2) is 0 Å². The number of para-hydroxylation sites is 1.